The fourth-order valence-corrected chi connectivity index (χ4v) is 4.35. The second kappa shape index (κ2) is 9.50. The summed E-state index contributed by atoms with van der Waals surface area (Å²) >= 11 is 4.28. The van der Waals surface area contributed by atoms with Crippen LogP contribution in [0, 0.1) is 11.8 Å². The molecule has 0 saturated heterocycles. The monoisotopic (exact) mass is 470 g/mol. The molecule has 1 aromatic carbocycles. The first-order chi connectivity index (χ1) is 14.1. The lowest BCUT2D eigenvalue weighted by molar-refractivity contribution is -0.225. The van der Waals surface area contributed by atoms with Crippen LogP contribution in [-0.4, -0.2) is 24.4 Å². The number of alkyl halides is 6. The maximum absolute atomic E-state index is 13.2. The molecule has 2 amide bonds. The van der Waals surface area contributed by atoms with Crippen LogP contribution in [0.15, 0.2) is 18.2 Å². The number of nitrogens with zero attached hydrogens (tertiary/aromatic N) is 1. The van der Waals surface area contributed by atoms with Crippen molar-refractivity contribution in [2.75, 3.05) is 4.31 Å². The molecule has 2 rings (SSSR count). The summed E-state index contributed by atoms with van der Waals surface area (Å²) < 4.78 is 80.3. The minimum Gasteiger partial charge on any atom is -0.334 e. The number of carbonyl (C=O) groups excluding carboxylic acids is 1. The Morgan fingerprint density at radius 1 is 0.935 bits per heavy atom. The lowest BCUT2D eigenvalue weighted by atomic mass is 9.78. The van der Waals surface area contributed by atoms with Crippen molar-refractivity contribution in [1.82, 2.24) is 5.32 Å². The van der Waals surface area contributed by atoms with Gasteiger partial charge in [0.25, 0.3) is 0 Å². The molecule has 176 valence electrons. The number of carbonyl (C=O) groups is 1. The van der Waals surface area contributed by atoms with Crippen molar-refractivity contribution in [3.8, 4) is 0 Å². The van der Waals surface area contributed by atoms with Crippen molar-refractivity contribution < 1.29 is 31.1 Å². The summed E-state index contributed by atoms with van der Waals surface area (Å²) in [6, 6.07) is 3.39. The number of urea groups is 1. The van der Waals surface area contributed by atoms with E-state index in [0.717, 1.165) is 15.4 Å². The van der Waals surface area contributed by atoms with Crippen LogP contribution in [0.2, 0.25) is 0 Å². The number of hydrogen-bond donors (Lipinski definition) is 2. The predicted octanol–water partition coefficient (Wildman–Crippen LogP) is 7.20. The number of benzene rings is 1. The Kier molecular flexibility index (Phi) is 7.87. The summed E-state index contributed by atoms with van der Waals surface area (Å²) in [5.41, 5.74) is 2.12. The first-order valence-corrected chi connectivity index (χ1v) is 10.6. The van der Waals surface area contributed by atoms with E-state index < -0.39 is 55.5 Å². The van der Waals surface area contributed by atoms with E-state index in [1.165, 1.54) is 0 Å². The molecule has 0 radical (unpaired) electrons. The van der Waals surface area contributed by atoms with Crippen molar-refractivity contribution in [1.29, 1.82) is 0 Å². The van der Waals surface area contributed by atoms with E-state index in [0.29, 0.717) is 5.69 Å². The van der Waals surface area contributed by atoms with E-state index in [1.54, 1.807) is 0 Å². The summed E-state index contributed by atoms with van der Waals surface area (Å²) in [5.74, 6) is -4.20. The highest BCUT2D eigenvalue weighted by molar-refractivity contribution is 7.82. The quantitative estimate of drug-likeness (QED) is 0.354. The van der Waals surface area contributed by atoms with Crippen LogP contribution >= 0.6 is 12.8 Å². The average molecular weight is 471 g/mol. The summed E-state index contributed by atoms with van der Waals surface area (Å²) in [7, 11) is 0. The zero-order valence-electron chi connectivity index (χ0n) is 17.8. The van der Waals surface area contributed by atoms with Gasteiger partial charge in [0.2, 0.25) is 0 Å². The van der Waals surface area contributed by atoms with Crippen molar-refractivity contribution in [3.63, 3.8) is 0 Å². The van der Waals surface area contributed by atoms with Gasteiger partial charge in [-0.1, -0.05) is 58.7 Å². The average Bonchev–Trinajstić information content (AvgIpc) is 2.64. The molecule has 1 saturated carbocycles. The van der Waals surface area contributed by atoms with Crippen LogP contribution in [-0.2, 0) is 0 Å². The smallest absolute Gasteiger partial charge is 0.334 e. The third-order valence-corrected chi connectivity index (χ3v) is 6.09. The third-order valence-electron chi connectivity index (χ3n) is 5.71. The Balaban J connectivity index is 2.30. The van der Waals surface area contributed by atoms with Gasteiger partial charge >= 0.3 is 18.4 Å². The summed E-state index contributed by atoms with van der Waals surface area (Å²) in [4.78, 5) is 12.8. The molecule has 1 fully saturated rings. The Morgan fingerprint density at radius 3 is 1.71 bits per heavy atom. The van der Waals surface area contributed by atoms with E-state index in [1.807, 2.05) is 45.9 Å². The first-order valence-electron chi connectivity index (χ1n) is 10.2. The highest BCUT2D eigenvalue weighted by Gasteiger charge is 2.52. The second-order valence-corrected chi connectivity index (χ2v) is 9.14. The molecule has 3 nitrogen and oxygen atoms in total. The van der Waals surface area contributed by atoms with Crippen LogP contribution in [0.1, 0.15) is 69.9 Å². The highest BCUT2D eigenvalue weighted by atomic mass is 32.1. The van der Waals surface area contributed by atoms with Gasteiger partial charge < -0.3 is 5.32 Å². The molecule has 0 aliphatic heterocycles. The molecular weight excluding hydrogens is 442 g/mol. The first kappa shape index (κ1) is 25.7. The standard InChI is InChI=1S/C21H28F6N2OS/c1-11(2)16-6-5-7-17(12(3)4)18(16)29(31)19(30)28-15-9-13(20(22,23)24)8-14(10-15)21(25,26)27/h5-7,11-15,31H,8-10H2,1-4H3,(H,28,30). The molecule has 10 heteroatoms. The minimum absolute atomic E-state index is 0.0232. The van der Waals surface area contributed by atoms with Gasteiger partial charge in [-0.2, -0.15) is 26.3 Å². The van der Waals surface area contributed by atoms with Gasteiger partial charge in [0.1, 0.15) is 0 Å². The zero-order chi connectivity index (χ0) is 23.7. The van der Waals surface area contributed by atoms with Gasteiger partial charge in [-0.05, 0) is 42.2 Å². The molecule has 2 atom stereocenters. The predicted molar refractivity (Wildman–Crippen MR) is 111 cm³/mol. The summed E-state index contributed by atoms with van der Waals surface area (Å²) in [6.45, 7) is 7.69. The third kappa shape index (κ3) is 6.23. The van der Waals surface area contributed by atoms with E-state index in [-0.39, 0.29) is 11.8 Å². The number of thiol groups is 1. The molecule has 0 spiro atoms. The topological polar surface area (TPSA) is 32.3 Å². The molecule has 1 aliphatic carbocycles. The SMILES string of the molecule is CC(C)c1cccc(C(C)C)c1N(S)C(=O)NC1CC(C(F)(F)F)CC(C(F)(F)F)C1. The Bertz CT molecular complexity index is 730. The Morgan fingerprint density at radius 2 is 1.35 bits per heavy atom. The van der Waals surface area contributed by atoms with Crippen LogP contribution < -0.4 is 9.62 Å². The minimum atomic E-state index is -4.76. The maximum atomic E-state index is 13.2. The second-order valence-electron chi connectivity index (χ2n) is 8.74. The number of amides is 2. The molecule has 2 unspecified atom stereocenters. The van der Waals surface area contributed by atoms with Crippen LogP contribution in [0.3, 0.4) is 0 Å². The van der Waals surface area contributed by atoms with Gasteiger partial charge in [-0.3, -0.25) is 0 Å². The van der Waals surface area contributed by atoms with E-state index >= 15 is 0 Å². The number of halogens is 6. The lowest BCUT2D eigenvalue weighted by Gasteiger charge is -2.37. The van der Waals surface area contributed by atoms with E-state index in [9.17, 15) is 31.1 Å². The van der Waals surface area contributed by atoms with Crippen molar-refractivity contribution in [2.24, 2.45) is 11.8 Å². The molecule has 1 aliphatic rings. The number of anilines is 1. The zero-order valence-corrected chi connectivity index (χ0v) is 18.7. The van der Waals surface area contributed by atoms with Crippen LogP contribution in [0.4, 0.5) is 36.8 Å². The molecule has 1 aromatic rings. The van der Waals surface area contributed by atoms with E-state index in [2.05, 4.69) is 18.1 Å². The molecule has 1 N–H and O–H groups in total. The van der Waals surface area contributed by atoms with Crippen LogP contribution in [0.25, 0.3) is 0 Å². The van der Waals surface area contributed by atoms with Crippen LogP contribution in [0.5, 0.6) is 0 Å². The lowest BCUT2D eigenvalue weighted by Crippen LogP contribution is -2.49. The van der Waals surface area contributed by atoms with Crippen molar-refractivity contribution >= 4 is 24.5 Å². The van der Waals surface area contributed by atoms with E-state index in [4.69, 9.17) is 0 Å². The molecule has 0 bridgehead atoms. The highest BCUT2D eigenvalue weighted by Crippen LogP contribution is 2.46. The molecule has 31 heavy (non-hydrogen) atoms. The van der Waals surface area contributed by atoms with Crippen molar-refractivity contribution in [3.05, 3.63) is 29.3 Å². The normalized spacial score (nSPS) is 22.7. The van der Waals surface area contributed by atoms with Gasteiger partial charge in [0.15, 0.2) is 0 Å². The van der Waals surface area contributed by atoms with Gasteiger partial charge in [-0.25, -0.2) is 9.10 Å². The number of para-hydroxylation sites is 1. The fourth-order valence-electron chi connectivity index (χ4n) is 4.07. The Labute approximate surface area is 184 Å². The number of hydrogen-bond acceptors (Lipinski definition) is 2. The summed E-state index contributed by atoms with van der Waals surface area (Å²) in [5, 5.41) is 2.36. The fraction of sp³-hybridized carbons (Fsp3) is 0.667. The van der Waals surface area contributed by atoms with Gasteiger partial charge in [-0.15, -0.1) is 0 Å². The molecule has 0 aromatic heterocycles. The maximum Gasteiger partial charge on any atom is 0.391 e. The molecular formula is C21H28F6N2OS. The van der Waals surface area contributed by atoms with Crippen molar-refractivity contribution in [2.45, 2.75) is 77.2 Å². The summed E-state index contributed by atoms with van der Waals surface area (Å²) in [6.07, 6.45) is -11.7. The largest absolute Gasteiger partial charge is 0.391 e. The number of rotatable bonds is 4. The van der Waals surface area contributed by atoms with Gasteiger partial charge in [0, 0.05) is 6.04 Å². The Hall–Kier alpha value is -1.58. The molecule has 0 heterocycles. The number of nitrogens with one attached hydrogen (secondary N) is 1. The van der Waals surface area contributed by atoms with Gasteiger partial charge in [0.05, 0.1) is 17.5 Å².